The SMILES string of the molecule is c1ccc(-c2c3ccccc3c(-c3ccccc3-c3ccc(-c4ccc(-c5ccc6ccccc6c5)cc4)cc3)c3ccccc23)cc1. The molecule has 0 saturated heterocycles. The van der Waals surface area contributed by atoms with Gasteiger partial charge in [0.25, 0.3) is 0 Å². The van der Waals surface area contributed by atoms with Crippen molar-refractivity contribution in [3.63, 3.8) is 0 Å². The summed E-state index contributed by atoms with van der Waals surface area (Å²) in [5.74, 6) is 0. The Balaban J connectivity index is 1.12. The van der Waals surface area contributed by atoms with Crippen LogP contribution in [0.3, 0.4) is 0 Å². The molecule has 0 aromatic heterocycles. The van der Waals surface area contributed by atoms with Crippen LogP contribution in [0.5, 0.6) is 0 Å². The summed E-state index contributed by atoms with van der Waals surface area (Å²) in [6.45, 7) is 0. The lowest BCUT2D eigenvalue weighted by Gasteiger charge is -2.19. The predicted octanol–water partition coefficient (Wildman–Crippen LogP) is 13.5. The Morgan fingerprint density at radius 1 is 0.208 bits per heavy atom. The Labute approximate surface area is 281 Å². The van der Waals surface area contributed by atoms with Crippen LogP contribution in [-0.4, -0.2) is 0 Å². The first kappa shape index (κ1) is 28.0. The second kappa shape index (κ2) is 11.8. The number of rotatable bonds is 5. The highest BCUT2D eigenvalue weighted by molar-refractivity contribution is 6.22. The minimum Gasteiger partial charge on any atom is -0.0622 e. The average molecular weight is 609 g/mol. The molecule has 9 aromatic carbocycles. The Bertz CT molecular complexity index is 2520. The second-order valence-corrected chi connectivity index (χ2v) is 12.5. The maximum absolute atomic E-state index is 2.28. The summed E-state index contributed by atoms with van der Waals surface area (Å²) in [6.07, 6.45) is 0. The Morgan fingerprint density at radius 2 is 0.625 bits per heavy atom. The van der Waals surface area contributed by atoms with Crippen molar-refractivity contribution in [1.29, 1.82) is 0 Å². The third kappa shape index (κ3) is 4.87. The van der Waals surface area contributed by atoms with Crippen LogP contribution in [0, 0.1) is 0 Å². The lowest BCUT2D eigenvalue weighted by Crippen LogP contribution is -1.92. The number of hydrogen-bond donors (Lipinski definition) is 0. The minimum atomic E-state index is 1.21. The molecule has 0 fully saturated rings. The molecule has 0 heterocycles. The van der Waals surface area contributed by atoms with E-state index in [1.54, 1.807) is 0 Å². The molecule has 0 aliphatic heterocycles. The Hall–Kier alpha value is -6.24. The molecule has 9 aromatic rings. The quantitative estimate of drug-likeness (QED) is 0.171. The fraction of sp³-hybridized carbons (Fsp3) is 0. The number of hydrogen-bond acceptors (Lipinski definition) is 0. The molecule has 0 atom stereocenters. The van der Waals surface area contributed by atoms with E-state index in [-0.39, 0.29) is 0 Å². The molecule has 0 aliphatic carbocycles. The van der Waals surface area contributed by atoms with Crippen molar-refractivity contribution in [2.45, 2.75) is 0 Å². The Kier molecular flexibility index (Phi) is 6.91. The molecule has 0 amide bonds. The third-order valence-corrected chi connectivity index (χ3v) is 9.69. The van der Waals surface area contributed by atoms with Crippen LogP contribution in [0.2, 0.25) is 0 Å². The largest absolute Gasteiger partial charge is 0.0622 e. The normalized spacial score (nSPS) is 11.3. The van der Waals surface area contributed by atoms with Crippen LogP contribution in [0.1, 0.15) is 0 Å². The van der Waals surface area contributed by atoms with Gasteiger partial charge < -0.3 is 0 Å². The Morgan fingerprint density at radius 3 is 1.23 bits per heavy atom. The molecule has 0 saturated carbocycles. The summed E-state index contributed by atoms with van der Waals surface area (Å²) < 4.78 is 0. The highest BCUT2D eigenvalue weighted by Crippen LogP contribution is 2.46. The second-order valence-electron chi connectivity index (χ2n) is 12.5. The maximum Gasteiger partial charge on any atom is -0.00201 e. The van der Waals surface area contributed by atoms with Crippen molar-refractivity contribution in [2.24, 2.45) is 0 Å². The van der Waals surface area contributed by atoms with Gasteiger partial charge in [0, 0.05) is 0 Å². The van der Waals surface area contributed by atoms with E-state index in [1.165, 1.54) is 88.0 Å². The van der Waals surface area contributed by atoms with Crippen LogP contribution >= 0.6 is 0 Å². The lowest BCUT2D eigenvalue weighted by atomic mass is 9.84. The van der Waals surface area contributed by atoms with Gasteiger partial charge in [0.15, 0.2) is 0 Å². The topological polar surface area (TPSA) is 0 Å². The maximum atomic E-state index is 2.28. The molecular weight excluding hydrogens is 577 g/mol. The van der Waals surface area contributed by atoms with E-state index < -0.39 is 0 Å². The molecule has 0 radical (unpaired) electrons. The van der Waals surface area contributed by atoms with Crippen LogP contribution in [-0.2, 0) is 0 Å². The standard InChI is InChI=1S/C48H32/c1-2-13-38(14-3-1)47-43-18-8-10-20-45(43)48(46-21-11-9-19-44(46)47)42-17-7-6-16-41(42)37-29-26-35(27-30-37)34-22-24-36(25-23-34)40-31-28-33-12-4-5-15-39(33)32-40/h1-32H. The van der Waals surface area contributed by atoms with Crippen molar-refractivity contribution in [1.82, 2.24) is 0 Å². The van der Waals surface area contributed by atoms with Gasteiger partial charge in [-0.15, -0.1) is 0 Å². The van der Waals surface area contributed by atoms with Gasteiger partial charge in [0.2, 0.25) is 0 Å². The zero-order valence-corrected chi connectivity index (χ0v) is 26.5. The molecule has 9 rings (SSSR count). The minimum absolute atomic E-state index is 1.21. The van der Waals surface area contributed by atoms with Gasteiger partial charge in [0.05, 0.1) is 0 Å². The summed E-state index contributed by atoms with van der Waals surface area (Å²) in [5, 5.41) is 7.62. The molecule has 0 nitrogen and oxygen atoms in total. The molecule has 0 unspecified atom stereocenters. The van der Waals surface area contributed by atoms with Gasteiger partial charge in [-0.05, 0) is 94.0 Å². The third-order valence-electron chi connectivity index (χ3n) is 9.69. The molecule has 48 heavy (non-hydrogen) atoms. The van der Waals surface area contributed by atoms with Crippen molar-refractivity contribution >= 4 is 32.3 Å². The summed E-state index contributed by atoms with van der Waals surface area (Å²) >= 11 is 0. The van der Waals surface area contributed by atoms with Gasteiger partial charge in [-0.3, -0.25) is 0 Å². The molecule has 0 bridgehead atoms. The van der Waals surface area contributed by atoms with Crippen molar-refractivity contribution in [3.8, 4) is 55.6 Å². The van der Waals surface area contributed by atoms with E-state index in [0.29, 0.717) is 0 Å². The molecule has 0 spiro atoms. The van der Waals surface area contributed by atoms with Crippen molar-refractivity contribution < 1.29 is 0 Å². The smallest absolute Gasteiger partial charge is 0.00201 e. The highest BCUT2D eigenvalue weighted by atomic mass is 14.2. The zero-order valence-electron chi connectivity index (χ0n) is 26.5. The molecule has 0 heteroatoms. The van der Waals surface area contributed by atoms with Crippen molar-refractivity contribution in [2.75, 3.05) is 0 Å². The van der Waals surface area contributed by atoms with Crippen LogP contribution in [0.15, 0.2) is 194 Å². The first-order chi connectivity index (χ1) is 23.8. The van der Waals surface area contributed by atoms with Crippen LogP contribution in [0.25, 0.3) is 88.0 Å². The molecule has 224 valence electrons. The van der Waals surface area contributed by atoms with E-state index >= 15 is 0 Å². The van der Waals surface area contributed by atoms with E-state index in [2.05, 4.69) is 194 Å². The summed E-state index contributed by atoms with van der Waals surface area (Å²) in [5.41, 5.74) is 12.4. The van der Waals surface area contributed by atoms with Gasteiger partial charge in [-0.1, -0.05) is 188 Å². The van der Waals surface area contributed by atoms with E-state index in [4.69, 9.17) is 0 Å². The number of fused-ring (bicyclic) bond motifs is 3. The van der Waals surface area contributed by atoms with E-state index in [9.17, 15) is 0 Å². The first-order valence-corrected chi connectivity index (χ1v) is 16.6. The van der Waals surface area contributed by atoms with E-state index in [1.807, 2.05) is 0 Å². The molecule has 0 N–H and O–H groups in total. The monoisotopic (exact) mass is 608 g/mol. The fourth-order valence-corrected chi connectivity index (χ4v) is 7.35. The van der Waals surface area contributed by atoms with Gasteiger partial charge in [-0.2, -0.15) is 0 Å². The first-order valence-electron chi connectivity index (χ1n) is 16.6. The van der Waals surface area contributed by atoms with E-state index in [0.717, 1.165) is 0 Å². The lowest BCUT2D eigenvalue weighted by molar-refractivity contribution is 1.58. The average Bonchev–Trinajstić information content (AvgIpc) is 3.17. The van der Waals surface area contributed by atoms with Crippen molar-refractivity contribution in [3.05, 3.63) is 194 Å². The molecule has 0 aliphatic rings. The molecular formula is C48H32. The zero-order chi connectivity index (χ0) is 31.9. The summed E-state index contributed by atoms with van der Waals surface area (Å²) in [7, 11) is 0. The van der Waals surface area contributed by atoms with Crippen LogP contribution < -0.4 is 0 Å². The van der Waals surface area contributed by atoms with Gasteiger partial charge >= 0.3 is 0 Å². The fourth-order valence-electron chi connectivity index (χ4n) is 7.35. The van der Waals surface area contributed by atoms with Crippen LogP contribution in [0.4, 0.5) is 0 Å². The number of benzene rings is 9. The van der Waals surface area contributed by atoms with Gasteiger partial charge in [-0.25, -0.2) is 0 Å². The van der Waals surface area contributed by atoms with Gasteiger partial charge in [0.1, 0.15) is 0 Å². The summed E-state index contributed by atoms with van der Waals surface area (Å²) in [6, 6.07) is 70.6. The predicted molar refractivity (Wildman–Crippen MR) is 206 cm³/mol. The highest BCUT2D eigenvalue weighted by Gasteiger charge is 2.18. The summed E-state index contributed by atoms with van der Waals surface area (Å²) in [4.78, 5) is 0.